The fourth-order valence-corrected chi connectivity index (χ4v) is 4.05. The van der Waals surface area contributed by atoms with E-state index in [0.717, 1.165) is 44.0 Å². The number of ether oxygens (including phenoxy) is 1. The molecule has 5 rings (SSSR count). The lowest BCUT2D eigenvalue weighted by atomic mass is 10.0. The molecule has 4 heteroatoms. The molecule has 5 aromatic rings. The number of allylic oxidation sites excluding steroid dienone is 1. The van der Waals surface area contributed by atoms with Crippen LogP contribution in [0.15, 0.2) is 66.1 Å². The van der Waals surface area contributed by atoms with Gasteiger partial charge in [0.15, 0.2) is 0 Å². The van der Waals surface area contributed by atoms with Crippen molar-refractivity contribution in [3.63, 3.8) is 0 Å². The zero-order chi connectivity index (χ0) is 17.8. The van der Waals surface area contributed by atoms with Crippen LogP contribution in [0.4, 0.5) is 0 Å². The van der Waals surface area contributed by atoms with Gasteiger partial charge in [-0.05, 0) is 30.7 Å². The van der Waals surface area contributed by atoms with Crippen LogP contribution >= 0.6 is 0 Å². The summed E-state index contributed by atoms with van der Waals surface area (Å²) in [7, 11) is 1.67. The third-order valence-electron chi connectivity index (χ3n) is 5.09. The van der Waals surface area contributed by atoms with Gasteiger partial charge < -0.3 is 4.74 Å². The Labute approximate surface area is 149 Å². The number of nitrogens with zero attached hydrogens (tertiary/aromatic N) is 2. The highest BCUT2D eigenvalue weighted by Gasteiger charge is 2.20. The third-order valence-corrected chi connectivity index (χ3v) is 5.09. The molecule has 3 heterocycles. The Morgan fingerprint density at radius 2 is 1.92 bits per heavy atom. The Kier molecular flexibility index (Phi) is 3.04. The van der Waals surface area contributed by atoms with E-state index in [-0.39, 0.29) is 5.56 Å². The molecule has 0 N–H and O–H groups in total. The Morgan fingerprint density at radius 1 is 1.12 bits per heavy atom. The standard InChI is InChI=1S/C22H16N2O2/c1-3-6-15-18(26-2)10-9-17-19(15)16-11-12-23-20-13-7-4-5-8-14(13)22(25)24(17)21(16)20/h3-5,7-12H,1,6H2,2H3. The molecule has 0 aliphatic carbocycles. The summed E-state index contributed by atoms with van der Waals surface area (Å²) < 4.78 is 7.37. The molecule has 0 spiro atoms. The van der Waals surface area contributed by atoms with Crippen molar-refractivity contribution < 1.29 is 4.74 Å². The van der Waals surface area contributed by atoms with Crippen molar-refractivity contribution in [1.29, 1.82) is 0 Å². The maximum atomic E-state index is 13.3. The van der Waals surface area contributed by atoms with Crippen LogP contribution in [-0.2, 0) is 6.42 Å². The van der Waals surface area contributed by atoms with Crippen LogP contribution in [0.5, 0.6) is 5.75 Å². The minimum atomic E-state index is -0.0178. The number of benzene rings is 2. The smallest absolute Gasteiger partial charge is 0.263 e. The number of fused-ring (bicyclic) bond motifs is 5. The van der Waals surface area contributed by atoms with E-state index in [1.165, 1.54) is 0 Å². The molecular formula is C22H16N2O2. The zero-order valence-corrected chi connectivity index (χ0v) is 14.3. The first-order valence-corrected chi connectivity index (χ1v) is 8.50. The maximum Gasteiger partial charge on any atom is 0.263 e. The van der Waals surface area contributed by atoms with Crippen molar-refractivity contribution in [2.45, 2.75) is 6.42 Å². The highest BCUT2D eigenvalue weighted by molar-refractivity contribution is 6.19. The van der Waals surface area contributed by atoms with E-state index < -0.39 is 0 Å². The van der Waals surface area contributed by atoms with Gasteiger partial charge in [-0.2, -0.15) is 0 Å². The zero-order valence-electron chi connectivity index (χ0n) is 14.3. The first-order valence-electron chi connectivity index (χ1n) is 8.50. The monoisotopic (exact) mass is 340 g/mol. The van der Waals surface area contributed by atoms with E-state index >= 15 is 0 Å². The van der Waals surface area contributed by atoms with Gasteiger partial charge >= 0.3 is 0 Å². The van der Waals surface area contributed by atoms with Crippen molar-refractivity contribution in [1.82, 2.24) is 9.38 Å². The number of hydrogen-bond donors (Lipinski definition) is 0. The summed E-state index contributed by atoms with van der Waals surface area (Å²) in [6, 6.07) is 13.5. The molecule has 126 valence electrons. The molecule has 0 bridgehead atoms. The molecule has 0 aliphatic heterocycles. The second-order valence-electron chi connectivity index (χ2n) is 6.38. The molecule has 0 amide bonds. The van der Waals surface area contributed by atoms with Crippen molar-refractivity contribution >= 4 is 38.1 Å². The molecule has 0 fully saturated rings. The normalized spacial score (nSPS) is 11.7. The summed E-state index contributed by atoms with van der Waals surface area (Å²) in [4.78, 5) is 17.9. The van der Waals surface area contributed by atoms with Crippen LogP contribution in [0.1, 0.15) is 5.56 Å². The molecule has 0 unspecified atom stereocenters. The van der Waals surface area contributed by atoms with Gasteiger partial charge in [-0.25, -0.2) is 0 Å². The lowest BCUT2D eigenvalue weighted by molar-refractivity contribution is 0.411. The molecule has 26 heavy (non-hydrogen) atoms. The molecule has 2 aromatic carbocycles. The van der Waals surface area contributed by atoms with E-state index in [2.05, 4.69) is 11.6 Å². The highest BCUT2D eigenvalue weighted by Crippen LogP contribution is 2.38. The highest BCUT2D eigenvalue weighted by atomic mass is 16.5. The van der Waals surface area contributed by atoms with Crippen molar-refractivity contribution in [2.75, 3.05) is 7.11 Å². The van der Waals surface area contributed by atoms with Crippen molar-refractivity contribution in [3.05, 3.63) is 77.2 Å². The minimum absolute atomic E-state index is 0.0178. The average molecular weight is 340 g/mol. The van der Waals surface area contributed by atoms with E-state index in [1.807, 2.05) is 54.7 Å². The molecule has 0 saturated carbocycles. The predicted octanol–water partition coefficient (Wildman–Crippen LogP) is 4.33. The minimum Gasteiger partial charge on any atom is -0.496 e. The summed E-state index contributed by atoms with van der Waals surface area (Å²) in [6.07, 6.45) is 4.34. The van der Waals surface area contributed by atoms with Gasteiger partial charge in [0.25, 0.3) is 5.56 Å². The van der Waals surface area contributed by atoms with Crippen LogP contribution in [0.25, 0.3) is 38.1 Å². The topological polar surface area (TPSA) is 43.6 Å². The Morgan fingerprint density at radius 3 is 2.69 bits per heavy atom. The molecule has 3 aromatic heterocycles. The van der Waals surface area contributed by atoms with Gasteiger partial charge in [0.1, 0.15) is 5.75 Å². The molecule has 0 aliphatic rings. The molecule has 0 saturated heterocycles. The first-order chi connectivity index (χ1) is 12.8. The van der Waals surface area contributed by atoms with Crippen LogP contribution in [-0.4, -0.2) is 16.5 Å². The average Bonchev–Trinajstić information content (AvgIpc) is 3.02. The lowest BCUT2D eigenvalue weighted by Gasteiger charge is -2.08. The number of rotatable bonds is 3. The molecular weight excluding hydrogens is 324 g/mol. The molecule has 4 nitrogen and oxygen atoms in total. The Hall–Kier alpha value is -3.40. The largest absolute Gasteiger partial charge is 0.496 e. The Balaban J connectivity index is 2.17. The summed E-state index contributed by atoms with van der Waals surface area (Å²) in [5.41, 5.74) is 3.61. The van der Waals surface area contributed by atoms with Gasteiger partial charge in [-0.15, -0.1) is 6.58 Å². The van der Waals surface area contributed by atoms with Gasteiger partial charge in [-0.3, -0.25) is 14.2 Å². The SMILES string of the molecule is C=CCc1c(OC)ccc2c1c1ccnc3c4ccccc4c(=O)n2c13. The Bertz CT molecular complexity index is 1380. The van der Waals surface area contributed by atoms with E-state index in [1.54, 1.807) is 11.5 Å². The second-order valence-corrected chi connectivity index (χ2v) is 6.38. The quantitative estimate of drug-likeness (QED) is 0.363. The fourth-order valence-electron chi connectivity index (χ4n) is 4.05. The van der Waals surface area contributed by atoms with Gasteiger partial charge in [0.05, 0.1) is 23.7 Å². The number of pyridine rings is 2. The summed E-state index contributed by atoms with van der Waals surface area (Å²) in [5, 5.41) is 3.61. The van der Waals surface area contributed by atoms with Crippen molar-refractivity contribution in [3.8, 4) is 5.75 Å². The van der Waals surface area contributed by atoms with Crippen LogP contribution in [0.3, 0.4) is 0 Å². The van der Waals surface area contributed by atoms with Gasteiger partial charge in [0.2, 0.25) is 0 Å². The van der Waals surface area contributed by atoms with E-state index in [0.29, 0.717) is 11.8 Å². The van der Waals surface area contributed by atoms with E-state index in [9.17, 15) is 4.79 Å². The number of methoxy groups -OCH3 is 1. The van der Waals surface area contributed by atoms with E-state index in [4.69, 9.17) is 4.74 Å². The number of aromatic nitrogens is 2. The van der Waals surface area contributed by atoms with Gasteiger partial charge in [0, 0.05) is 33.3 Å². The summed E-state index contributed by atoms with van der Waals surface area (Å²) in [6.45, 7) is 3.88. The first kappa shape index (κ1) is 14.9. The van der Waals surface area contributed by atoms with Crippen LogP contribution < -0.4 is 10.3 Å². The molecule has 0 atom stereocenters. The van der Waals surface area contributed by atoms with Crippen molar-refractivity contribution in [2.24, 2.45) is 0 Å². The third kappa shape index (κ3) is 1.73. The summed E-state index contributed by atoms with van der Waals surface area (Å²) >= 11 is 0. The fraction of sp³-hybridized carbons (Fsp3) is 0.0909. The maximum absolute atomic E-state index is 13.3. The van der Waals surface area contributed by atoms with Gasteiger partial charge in [-0.1, -0.05) is 24.3 Å². The van der Waals surface area contributed by atoms with Crippen LogP contribution in [0.2, 0.25) is 0 Å². The predicted molar refractivity (Wildman–Crippen MR) is 106 cm³/mol. The van der Waals surface area contributed by atoms with Crippen LogP contribution in [0, 0.1) is 0 Å². The summed E-state index contributed by atoms with van der Waals surface area (Å²) in [5.74, 6) is 0.805. The lowest BCUT2D eigenvalue weighted by Crippen LogP contribution is -2.13. The molecule has 0 radical (unpaired) electrons. The number of hydrogen-bond acceptors (Lipinski definition) is 3. The second kappa shape index (κ2) is 5.30.